The van der Waals surface area contributed by atoms with Gasteiger partial charge in [-0.3, -0.25) is 4.79 Å². The van der Waals surface area contributed by atoms with Gasteiger partial charge in [0, 0.05) is 8.04 Å². The average molecular weight is 460 g/mol. The summed E-state index contributed by atoms with van der Waals surface area (Å²) in [5.74, 6) is -0.898. The minimum atomic E-state index is -0.527. The molecule has 0 bridgehead atoms. The molecule has 1 amide bonds. The molecule has 0 aliphatic carbocycles. The van der Waals surface area contributed by atoms with Crippen molar-refractivity contribution in [2.45, 2.75) is 0 Å². The largest absolute Gasteiger partial charge is 0.452 e. The maximum atomic E-state index is 11.8. The van der Waals surface area contributed by atoms with Crippen LogP contribution in [0.4, 0.5) is 5.69 Å². The maximum Gasteiger partial charge on any atom is 0.338 e. The van der Waals surface area contributed by atoms with Crippen molar-refractivity contribution in [3.05, 3.63) is 62.1 Å². The predicted molar refractivity (Wildman–Crippen MR) is 92.2 cm³/mol. The van der Waals surface area contributed by atoms with Gasteiger partial charge in [0.25, 0.3) is 5.91 Å². The van der Waals surface area contributed by atoms with Crippen LogP contribution in [-0.4, -0.2) is 18.5 Å². The third-order valence-electron chi connectivity index (χ3n) is 2.56. The second-order valence-corrected chi connectivity index (χ2v) is 6.19. The van der Waals surface area contributed by atoms with Crippen LogP contribution in [0.2, 0.25) is 0 Å². The highest BCUT2D eigenvalue weighted by Gasteiger charge is 2.11. The maximum absolute atomic E-state index is 11.8. The molecule has 2 aromatic rings. The highest BCUT2D eigenvalue weighted by molar-refractivity contribution is 14.1. The van der Waals surface area contributed by atoms with Gasteiger partial charge in [0.2, 0.25) is 0 Å². The molecule has 4 nitrogen and oxygen atoms in total. The zero-order valence-corrected chi connectivity index (χ0v) is 14.6. The average Bonchev–Trinajstić information content (AvgIpc) is 2.48. The first-order valence-corrected chi connectivity index (χ1v) is 7.90. The fourth-order valence-electron chi connectivity index (χ4n) is 1.55. The second kappa shape index (κ2) is 7.56. The number of halogens is 2. The number of esters is 1. The number of ether oxygens (including phenoxy) is 1. The smallest absolute Gasteiger partial charge is 0.338 e. The zero-order chi connectivity index (χ0) is 15.2. The summed E-state index contributed by atoms with van der Waals surface area (Å²) < 4.78 is 6.76. The summed E-state index contributed by atoms with van der Waals surface area (Å²) in [4.78, 5) is 23.5. The number of carbonyl (C=O) groups is 2. The highest BCUT2D eigenvalue weighted by atomic mass is 127. The fourth-order valence-corrected chi connectivity index (χ4v) is 2.34. The zero-order valence-electron chi connectivity index (χ0n) is 10.8. The number of amides is 1. The standard InChI is InChI=1S/C15H11BrINO3/c16-11-7-5-10(6-8-11)15(20)21-9-14(19)18-13-4-2-1-3-12(13)17/h1-8H,9H2,(H,18,19). The van der Waals surface area contributed by atoms with Crippen LogP contribution in [0, 0.1) is 3.57 Å². The lowest BCUT2D eigenvalue weighted by Gasteiger charge is -2.08. The van der Waals surface area contributed by atoms with Crippen LogP contribution in [0.1, 0.15) is 10.4 Å². The minimum absolute atomic E-state index is 0.320. The molecule has 0 fully saturated rings. The van der Waals surface area contributed by atoms with Gasteiger partial charge in [-0.15, -0.1) is 0 Å². The molecule has 21 heavy (non-hydrogen) atoms. The molecule has 0 radical (unpaired) electrons. The topological polar surface area (TPSA) is 55.4 Å². The van der Waals surface area contributed by atoms with Gasteiger partial charge in [0.15, 0.2) is 6.61 Å². The Hall–Kier alpha value is -1.41. The monoisotopic (exact) mass is 459 g/mol. The van der Waals surface area contributed by atoms with Crippen molar-refractivity contribution in [3.63, 3.8) is 0 Å². The summed E-state index contributed by atoms with van der Waals surface area (Å²) in [5, 5.41) is 2.69. The van der Waals surface area contributed by atoms with Crippen LogP contribution in [0.3, 0.4) is 0 Å². The molecule has 108 valence electrons. The number of hydrogen-bond donors (Lipinski definition) is 1. The van der Waals surface area contributed by atoms with Gasteiger partial charge < -0.3 is 10.1 Å². The molecule has 0 heterocycles. The molecular weight excluding hydrogens is 449 g/mol. The summed E-state index contributed by atoms with van der Waals surface area (Å²) in [5.41, 5.74) is 1.10. The summed E-state index contributed by atoms with van der Waals surface area (Å²) >= 11 is 5.40. The van der Waals surface area contributed by atoms with Crippen molar-refractivity contribution in [1.29, 1.82) is 0 Å². The fraction of sp³-hybridized carbons (Fsp3) is 0.0667. The van der Waals surface area contributed by atoms with E-state index in [-0.39, 0.29) is 12.5 Å². The normalized spacial score (nSPS) is 10.0. The molecule has 6 heteroatoms. The molecule has 2 rings (SSSR count). The SMILES string of the molecule is O=C(COC(=O)c1ccc(Br)cc1)Nc1ccccc1I. The first-order valence-electron chi connectivity index (χ1n) is 6.03. The summed E-state index contributed by atoms with van der Waals surface area (Å²) in [6.07, 6.45) is 0. The number of rotatable bonds is 4. The summed E-state index contributed by atoms with van der Waals surface area (Å²) in [7, 11) is 0. The van der Waals surface area contributed by atoms with Crippen LogP contribution in [0.5, 0.6) is 0 Å². The van der Waals surface area contributed by atoms with Crippen molar-refractivity contribution in [3.8, 4) is 0 Å². The Morgan fingerprint density at radius 3 is 2.43 bits per heavy atom. The van der Waals surface area contributed by atoms with Gasteiger partial charge in [-0.1, -0.05) is 28.1 Å². The molecule has 0 aliphatic rings. The van der Waals surface area contributed by atoms with E-state index in [0.717, 1.165) is 8.04 Å². The Labute approximate surface area is 144 Å². The second-order valence-electron chi connectivity index (χ2n) is 4.11. The lowest BCUT2D eigenvalue weighted by molar-refractivity contribution is -0.119. The van der Waals surface area contributed by atoms with Crippen LogP contribution in [-0.2, 0) is 9.53 Å². The molecule has 0 spiro atoms. The van der Waals surface area contributed by atoms with Crippen molar-refractivity contribution in [2.24, 2.45) is 0 Å². The summed E-state index contributed by atoms with van der Waals surface area (Å²) in [6.45, 7) is -0.320. The number of para-hydroxylation sites is 1. The van der Waals surface area contributed by atoms with E-state index in [2.05, 4.69) is 43.8 Å². The number of anilines is 1. The van der Waals surface area contributed by atoms with E-state index in [1.54, 1.807) is 30.3 Å². The first-order chi connectivity index (χ1) is 10.1. The van der Waals surface area contributed by atoms with Crippen molar-refractivity contribution >= 4 is 56.1 Å². The number of benzene rings is 2. The van der Waals surface area contributed by atoms with Gasteiger partial charge in [-0.05, 0) is 59.0 Å². The van der Waals surface area contributed by atoms with Crippen LogP contribution in [0.15, 0.2) is 53.0 Å². The van der Waals surface area contributed by atoms with Gasteiger partial charge in [-0.25, -0.2) is 4.79 Å². The molecule has 2 aromatic carbocycles. The molecule has 0 aromatic heterocycles. The molecule has 1 N–H and O–H groups in total. The van der Waals surface area contributed by atoms with Gasteiger partial charge in [0.05, 0.1) is 11.3 Å². The van der Waals surface area contributed by atoms with Gasteiger partial charge >= 0.3 is 5.97 Å². The van der Waals surface area contributed by atoms with E-state index in [9.17, 15) is 9.59 Å². The van der Waals surface area contributed by atoms with E-state index < -0.39 is 5.97 Å². The lowest BCUT2D eigenvalue weighted by Crippen LogP contribution is -2.21. The Balaban J connectivity index is 1.88. The predicted octanol–water partition coefficient (Wildman–Crippen LogP) is 3.85. The van der Waals surface area contributed by atoms with Crippen LogP contribution < -0.4 is 5.32 Å². The third-order valence-corrected chi connectivity index (χ3v) is 4.03. The molecule has 0 atom stereocenters. The Morgan fingerprint density at radius 1 is 1.10 bits per heavy atom. The quantitative estimate of drug-likeness (QED) is 0.558. The Bertz CT molecular complexity index is 658. The first kappa shape index (κ1) is 16.0. The van der Waals surface area contributed by atoms with E-state index in [4.69, 9.17) is 4.74 Å². The van der Waals surface area contributed by atoms with E-state index in [1.807, 2.05) is 18.2 Å². The minimum Gasteiger partial charge on any atom is -0.452 e. The highest BCUT2D eigenvalue weighted by Crippen LogP contribution is 2.16. The van der Waals surface area contributed by atoms with E-state index >= 15 is 0 Å². The van der Waals surface area contributed by atoms with Crippen molar-refractivity contribution < 1.29 is 14.3 Å². The molecule has 0 saturated carbocycles. The number of hydrogen-bond acceptors (Lipinski definition) is 3. The van der Waals surface area contributed by atoms with Crippen LogP contribution >= 0.6 is 38.5 Å². The lowest BCUT2D eigenvalue weighted by atomic mass is 10.2. The van der Waals surface area contributed by atoms with Crippen molar-refractivity contribution in [1.82, 2.24) is 0 Å². The number of nitrogens with one attached hydrogen (secondary N) is 1. The van der Waals surface area contributed by atoms with E-state index in [1.165, 1.54) is 0 Å². The molecular formula is C15H11BrINO3. The van der Waals surface area contributed by atoms with Crippen LogP contribution in [0.25, 0.3) is 0 Å². The summed E-state index contributed by atoms with van der Waals surface area (Å²) in [6, 6.07) is 14.1. The van der Waals surface area contributed by atoms with Crippen molar-refractivity contribution in [2.75, 3.05) is 11.9 Å². The molecule has 0 aliphatic heterocycles. The Kier molecular flexibility index (Phi) is 5.75. The third kappa shape index (κ3) is 4.82. The van der Waals surface area contributed by atoms with Gasteiger partial charge in [-0.2, -0.15) is 0 Å². The molecule has 0 unspecified atom stereocenters. The van der Waals surface area contributed by atoms with E-state index in [0.29, 0.717) is 11.3 Å². The molecule has 0 saturated heterocycles. The number of carbonyl (C=O) groups excluding carboxylic acids is 2. The Morgan fingerprint density at radius 2 is 1.76 bits per heavy atom. The van der Waals surface area contributed by atoms with Gasteiger partial charge in [0.1, 0.15) is 0 Å².